The SMILES string of the molecule is COc1ccc(CN/N=C(\C)c2ccc(C)c(C)c2)cc1OC. The molecule has 0 bridgehead atoms. The lowest BCUT2D eigenvalue weighted by molar-refractivity contribution is 0.354. The van der Waals surface area contributed by atoms with Gasteiger partial charge in [-0.1, -0.05) is 18.2 Å². The number of rotatable bonds is 6. The van der Waals surface area contributed by atoms with Gasteiger partial charge < -0.3 is 14.9 Å². The molecule has 0 unspecified atom stereocenters. The van der Waals surface area contributed by atoms with E-state index < -0.39 is 0 Å². The molecule has 0 saturated heterocycles. The lowest BCUT2D eigenvalue weighted by Crippen LogP contribution is -2.09. The summed E-state index contributed by atoms with van der Waals surface area (Å²) in [5, 5.41) is 4.45. The van der Waals surface area contributed by atoms with Crippen molar-refractivity contribution >= 4 is 5.71 Å². The van der Waals surface area contributed by atoms with Crippen molar-refractivity contribution in [2.45, 2.75) is 27.3 Å². The fourth-order valence-electron chi connectivity index (χ4n) is 2.27. The number of hydrogen-bond acceptors (Lipinski definition) is 4. The average molecular weight is 312 g/mol. The van der Waals surface area contributed by atoms with Crippen LogP contribution >= 0.6 is 0 Å². The minimum Gasteiger partial charge on any atom is -0.493 e. The van der Waals surface area contributed by atoms with Gasteiger partial charge >= 0.3 is 0 Å². The molecular formula is C19H24N2O2. The second kappa shape index (κ2) is 7.68. The molecule has 2 rings (SSSR count). The van der Waals surface area contributed by atoms with Crippen LogP contribution in [-0.4, -0.2) is 19.9 Å². The predicted molar refractivity (Wildman–Crippen MR) is 94.5 cm³/mol. The average Bonchev–Trinajstić information content (AvgIpc) is 2.57. The first kappa shape index (κ1) is 16.9. The van der Waals surface area contributed by atoms with E-state index in [1.54, 1.807) is 14.2 Å². The highest BCUT2D eigenvalue weighted by Crippen LogP contribution is 2.27. The van der Waals surface area contributed by atoms with Crippen LogP contribution < -0.4 is 14.9 Å². The summed E-state index contributed by atoms with van der Waals surface area (Å²) in [4.78, 5) is 0. The zero-order valence-electron chi connectivity index (χ0n) is 14.4. The molecule has 0 heterocycles. The van der Waals surface area contributed by atoms with E-state index in [0.29, 0.717) is 6.54 Å². The molecule has 4 heteroatoms. The molecule has 23 heavy (non-hydrogen) atoms. The van der Waals surface area contributed by atoms with Gasteiger partial charge in [-0.15, -0.1) is 0 Å². The lowest BCUT2D eigenvalue weighted by Gasteiger charge is -2.10. The Balaban J connectivity index is 2.04. The number of aryl methyl sites for hydroxylation is 2. The second-order valence-corrected chi connectivity index (χ2v) is 5.52. The molecule has 0 aliphatic rings. The summed E-state index contributed by atoms with van der Waals surface area (Å²) in [5.74, 6) is 1.45. The Kier molecular flexibility index (Phi) is 5.63. The zero-order chi connectivity index (χ0) is 16.8. The van der Waals surface area contributed by atoms with E-state index in [9.17, 15) is 0 Å². The van der Waals surface area contributed by atoms with Gasteiger partial charge in [-0.3, -0.25) is 0 Å². The van der Waals surface area contributed by atoms with Crippen molar-refractivity contribution in [3.63, 3.8) is 0 Å². The van der Waals surface area contributed by atoms with E-state index in [4.69, 9.17) is 9.47 Å². The van der Waals surface area contributed by atoms with Crippen LogP contribution in [0.4, 0.5) is 0 Å². The smallest absolute Gasteiger partial charge is 0.161 e. The summed E-state index contributed by atoms with van der Waals surface area (Å²) in [7, 11) is 3.27. The number of hydrazone groups is 1. The van der Waals surface area contributed by atoms with Crippen molar-refractivity contribution in [3.8, 4) is 11.5 Å². The zero-order valence-corrected chi connectivity index (χ0v) is 14.4. The van der Waals surface area contributed by atoms with Crippen molar-refractivity contribution in [1.82, 2.24) is 5.43 Å². The lowest BCUT2D eigenvalue weighted by atomic mass is 10.0. The van der Waals surface area contributed by atoms with E-state index in [1.165, 1.54) is 11.1 Å². The molecular weight excluding hydrogens is 288 g/mol. The Hall–Kier alpha value is -2.49. The quantitative estimate of drug-likeness (QED) is 0.651. The van der Waals surface area contributed by atoms with E-state index in [2.05, 4.69) is 42.6 Å². The Bertz CT molecular complexity index is 709. The highest BCUT2D eigenvalue weighted by molar-refractivity contribution is 5.98. The van der Waals surface area contributed by atoms with Gasteiger partial charge in [0.1, 0.15) is 0 Å². The Labute approximate surface area is 138 Å². The summed E-state index contributed by atoms with van der Waals surface area (Å²) in [5.41, 5.74) is 8.86. The van der Waals surface area contributed by atoms with Gasteiger partial charge in [-0.05, 0) is 61.2 Å². The summed E-state index contributed by atoms with van der Waals surface area (Å²) < 4.78 is 10.5. The molecule has 122 valence electrons. The maximum Gasteiger partial charge on any atom is 0.161 e. The van der Waals surface area contributed by atoms with Gasteiger partial charge in [0.2, 0.25) is 0 Å². The topological polar surface area (TPSA) is 42.8 Å². The summed E-state index contributed by atoms with van der Waals surface area (Å²) >= 11 is 0. The van der Waals surface area contributed by atoms with Crippen molar-refractivity contribution < 1.29 is 9.47 Å². The number of benzene rings is 2. The Morgan fingerprint density at radius 1 is 0.957 bits per heavy atom. The number of methoxy groups -OCH3 is 2. The van der Waals surface area contributed by atoms with Crippen LogP contribution in [0.25, 0.3) is 0 Å². The molecule has 0 amide bonds. The van der Waals surface area contributed by atoms with Gasteiger partial charge in [-0.2, -0.15) is 5.10 Å². The van der Waals surface area contributed by atoms with Crippen molar-refractivity contribution in [1.29, 1.82) is 0 Å². The molecule has 4 nitrogen and oxygen atoms in total. The van der Waals surface area contributed by atoms with Crippen LogP contribution in [-0.2, 0) is 6.54 Å². The van der Waals surface area contributed by atoms with E-state index in [1.807, 2.05) is 25.1 Å². The van der Waals surface area contributed by atoms with Crippen LogP contribution in [0.1, 0.15) is 29.2 Å². The number of ether oxygens (including phenoxy) is 2. The molecule has 0 atom stereocenters. The summed E-state index contributed by atoms with van der Waals surface area (Å²) in [6, 6.07) is 12.2. The van der Waals surface area contributed by atoms with Crippen LogP contribution in [0.5, 0.6) is 11.5 Å². The van der Waals surface area contributed by atoms with Crippen LogP contribution in [0.15, 0.2) is 41.5 Å². The molecule has 0 fully saturated rings. The van der Waals surface area contributed by atoms with Gasteiger partial charge in [0.05, 0.1) is 26.5 Å². The highest BCUT2D eigenvalue weighted by atomic mass is 16.5. The Morgan fingerprint density at radius 3 is 2.35 bits per heavy atom. The minimum absolute atomic E-state index is 0.628. The van der Waals surface area contributed by atoms with Gasteiger partial charge in [0.15, 0.2) is 11.5 Å². The molecule has 0 spiro atoms. The standard InChI is InChI=1S/C19H24N2O2/c1-13-6-8-17(10-14(13)2)15(3)21-20-12-16-7-9-18(22-4)19(11-16)23-5/h6-11,20H,12H2,1-5H3/b21-15+. The largest absolute Gasteiger partial charge is 0.493 e. The third kappa shape index (κ3) is 4.25. The van der Waals surface area contributed by atoms with Crippen molar-refractivity contribution in [2.24, 2.45) is 5.10 Å². The monoisotopic (exact) mass is 312 g/mol. The number of nitrogens with zero attached hydrogens (tertiary/aromatic N) is 1. The predicted octanol–water partition coefficient (Wildman–Crippen LogP) is 3.83. The Morgan fingerprint density at radius 2 is 1.70 bits per heavy atom. The first-order valence-electron chi connectivity index (χ1n) is 7.61. The number of nitrogens with one attached hydrogen (secondary N) is 1. The maximum absolute atomic E-state index is 5.31. The molecule has 0 aliphatic heterocycles. The van der Waals surface area contributed by atoms with Crippen LogP contribution in [0, 0.1) is 13.8 Å². The molecule has 1 N–H and O–H groups in total. The normalized spacial score (nSPS) is 11.3. The van der Waals surface area contributed by atoms with Crippen LogP contribution in [0.3, 0.4) is 0 Å². The highest BCUT2D eigenvalue weighted by Gasteiger charge is 2.04. The van der Waals surface area contributed by atoms with E-state index >= 15 is 0 Å². The van der Waals surface area contributed by atoms with Gasteiger partial charge in [-0.25, -0.2) is 0 Å². The fraction of sp³-hybridized carbons (Fsp3) is 0.316. The molecule has 2 aromatic rings. The molecule has 2 aromatic carbocycles. The van der Waals surface area contributed by atoms with Crippen molar-refractivity contribution in [3.05, 3.63) is 58.7 Å². The molecule has 0 aliphatic carbocycles. The van der Waals surface area contributed by atoms with Gasteiger partial charge in [0, 0.05) is 0 Å². The second-order valence-electron chi connectivity index (χ2n) is 5.52. The third-order valence-corrected chi connectivity index (χ3v) is 3.90. The minimum atomic E-state index is 0.628. The first-order chi connectivity index (χ1) is 11.0. The van der Waals surface area contributed by atoms with Crippen LogP contribution in [0.2, 0.25) is 0 Å². The first-order valence-corrected chi connectivity index (χ1v) is 7.61. The molecule has 0 aromatic heterocycles. The van der Waals surface area contributed by atoms with E-state index in [0.717, 1.165) is 28.3 Å². The summed E-state index contributed by atoms with van der Waals surface area (Å²) in [6.07, 6.45) is 0. The third-order valence-electron chi connectivity index (χ3n) is 3.90. The number of hydrogen-bond donors (Lipinski definition) is 1. The van der Waals surface area contributed by atoms with E-state index in [-0.39, 0.29) is 0 Å². The molecule has 0 saturated carbocycles. The maximum atomic E-state index is 5.31. The van der Waals surface area contributed by atoms with Crippen molar-refractivity contribution in [2.75, 3.05) is 14.2 Å². The fourth-order valence-corrected chi connectivity index (χ4v) is 2.27. The van der Waals surface area contributed by atoms with Gasteiger partial charge in [0.25, 0.3) is 0 Å². The molecule has 0 radical (unpaired) electrons. The summed E-state index contributed by atoms with van der Waals surface area (Å²) in [6.45, 7) is 6.86.